The van der Waals surface area contributed by atoms with Crippen LogP contribution in [0.5, 0.6) is 0 Å². The first-order chi connectivity index (χ1) is 17.0. The Morgan fingerprint density at radius 3 is 2.49 bits per heavy atom. The van der Waals surface area contributed by atoms with Crippen molar-refractivity contribution in [3.63, 3.8) is 0 Å². The molecule has 0 aliphatic carbocycles. The molecule has 9 heteroatoms. The number of aryl methyl sites for hydroxylation is 2. The normalized spacial score (nSPS) is 14.1. The minimum absolute atomic E-state index is 0.0475. The summed E-state index contributed by atoms with van der Waals surface area (Å²) in [5.74, 6) is 0.916. The van der Waals surface area contributed by atoms with Crippen LogP contribution in [0.2, 0.25) is 0 Å². The predicted molar refractivity (Wildman–Crippen MR) is 137 cm³/mol. The van der Waals surface area contributed by atoms with Gasteiger partial charge in [0.1, 0.15) is 0 Å². The molecule has 184 valence electrons. The third-order valence-electron chi connectivity index (χ3n) is 6.13. The van der Waals surface area contributed by atoms with Crippen molar-refractivity contribution in [3.05, 3.63) is 59.7 Å². The number of piperidine rings is 1. The predicted octanol–water partition coefficient (Wildman–Crippen LogP) is 4.38. The Balaban J connectivity index is 1.44. The van der Waals surface area contributed by atoms with E-state index in [2.05, 4.69) is 47.6 Å². The van der Waals surface area contributed by atoms with Crippen LogP contribution in [-0.2, 0) is 9.53 Å². The van der Waals surface area contributed by atoms with Crippen LogP contribution < -0.4 is 5.32 Å². The third-order valence-corrected chi connectivity index (χ3v) is 7.06. The van der Waals surface area contributed by atoms with Gasteiger partial charge in [-0.15, -0.1) is 10.2 Å². The van der Waals surface area contributed by atoms with Gasteiger partial charge in [0, 0.05) is 24.7 Å². The Morgan fingerprint density at radius 1 is 1.06 bits per heavy atom. The molecule has 4 rings (SSSR count). The second kappa shape index (κ2) is 11.4. The second-order valence-electron chi connectivity index (χ2n) is 8.59. The number of aromatic nitrogens is 3. The molecular weight excluding hydrogens is 462 g/mol. The summed E-state index contributed by atoms with van der Waals surface area (Å²) in [5, 5.41) is 12.6. The minimum Gasteiger partial charge on any atom is -0.450 e. The molecule has 1 aromatic heterocycles. The second-order valence-corrected chi connectivity index (χ2v) is 9.54. The van der Waals surface area contributed by atoms with Gasteiger partial charge in [0.15, 0.2) is 11.0 Å². The van der Waals surface area contributed by atoms with E-state index in [1.54, 1.807) is 11.8 Å². The summed E-state index contributed by atoms with van der Waals surface area (Å²) < 4.78 is 7.07. The van der Waals surface area contributed by atoms with Crippen LogP contribution in [0.1, 0.15) is 30.9 Å². The highest BCUT2D eigenvalue weighted by Crippen LogP contribution is 2.29. The number of carbonyl (C=O) groups excluding carboxylic acids is 2. The van der Waals surface area contributed by atoms with Gasteiger partial charge in [-0.3, -0.25) is 9.36 Å². The van der Waals surface area contributed by atoms with Crippen molar-refractivity contribution in [2.75, 3.05) is 25.4 Å². The van der Waals surface area contributed by atoms with Gasteiger partial charge in [-0.2, -0.15) is 0 Å². The first kappa shape index (κ1) is 24.8. The van der Waals surface area contributed by atoms with Crippen molar-refractivity contribution in [1.29, 1.82) is 0 Å². The number of amides is 2. The lowest BCUT2D eigenvalue weighted by molar-refractivity contribution is -0.119. The van der Waals surface area contributed by atoms with Gasteiger partial charge >= 0.3 is 6.09 Å². The van der Waals surface area contributed by atoms with Crippen LogP contribution >= 0.6 is 11.8 Å². The standard InChI is InChI=1S/C26H31N5O3S/c1-4-34-26(33)30-14-12-21(13-15-30)27-23(32)17-35-25-29-28-24(20-8-6-5-7-9-20)31(25)22-11-10-18(2)19(3)16-22/h5-11,16,21H,4,12-15,17H2,1-3H3,(H,27,32). The van der Waals surface area contributed by atoms with Crippen molar-refractivity contribution in [3.8, 4) is 17.1 Å². The summed E-state index contributed by atoms with van der Waals surface area (Å²) >= 11 is 1.37. The molecule has 0 unspecified atom stereocenters. The monoisotopic (exact) mass is 493 g/mol. The van der Waals surface area contributed by atoms with Crippen LogP contribution in [0.15, 0.2) is 53.7 Å². The molecule has 0 atom stereocenters. The van der Waals surface area contributed by atoms with Crippen molar-refractivity contribution >= 4 is 23.8 Å². The van der Waals surface area contributed by atoms with Gasteiger partial charge in [0.2, 0.25) is 5.91 Å². The number of ether oxygens (including phenoxy) is 1. The molecule has 2 heterocycles. The molecule has 0 saturated carbocycles. The van der Waals surface area contributed by atoms with E-state index in [-0.39, 0.29) is 23.8 Å². The van der Waals surface area contributed by atoms with E-state index in [0.29, 0.717) is 37.7 Å². The maximum atomic E-state index is 12.7. The van der Waals surface area contributed by atoms with E-state index in [4.69, 9.17) is 4.74 Å². The van der Waals surface area contributed by atoms with Gasteiger partial charge < -0.3 is 15.0 Å². The maximum absolute atomic E-state index is 12.7. The highest BCUT2D eigenvalue weighted by Gasteiger charge is 2.25. The molecule has 0 radical (unpaired) electrons. The van der Waals surface area contributed by atoms with Gasteiger partial charge in [-0.1, -0.05) is 48.2 Å². The smallest absolute Gasteiger partial charge is 0.409 e. The number of hydrogen-bond donors (Lipinski definition) is 1. The van der Waals surface area contributed by atoms with E-state index in [1.165, 1.54) is 22.9 Å². The number of carbonyl (C=O) groups is 2. The average Bonchev–Trinajstić information content (AvgIpc) is 3.29. The molecule has 1 aliphatic rings. The molecule has 1 saturated heterocycles. The van der Waals surface area contributed by atoms with E-state index in [9.17, 15) is 9.59 Å². The van der Waals surface area contributed by atoms with Gasteiger partial charge in [-0.25, -0.2) is 4.79 Å². The van der Waals surface area contributed by atoms with E-state index < -0.39 is 0 Å². The minimum atomic E-state index is -0.285. The molecule has 1 N–H and O–H groups in total. The number of nitrogens with one attached hydrogen (secondary N) is 1. The Labute approximate surface area is 210 Å². The average molecular weight is 494 g/mol. The van der Waals surface area contributed by atoms with E-state index in [0.717, 1.165) is 17.1 Å². The molecule has 3 aromatic rings. The quantitative estimate of drug-likeness (QED) is 0.492. The maximum Gasteiger partial charge on any atom is 0.409 e. The van der Waals surface area contributed by atoms with Gasteiger partial charge in [0.05, 0.1) is 18.0 Å². The molecule has 1 fully saturated rings. The Bertz CT molecular complexity index is 1170. The summed E-state index contributed by atoms with van der Waals surface area (Å²) in [5.41, 5.74) is 4.32. The topological polar surface area (TPSA) is 89.3 Å². The molecular formula is C26H31N5O3S. The van der Waals surface area contributed by atoms with Crippen LogP contribution in [0.3, 0.4) is 0 Å². The van der Waals surface area contributed by atoms with E-state index in [1.807, 2.05) is 34.9 Å². The fraction of sp³-hybridized carbons (Fsp3) is 0.385. The zero-order valence-electron chi connectivity index (χ0n) is 20.4. The molecule has 8 nitrogen and oxygen atoms in total. The van der Waals surface area contributed by atoms with E-state index >= 15 is 0 Å². The molecule has 2 aromatic carbocycles. The molecule has 0 bridgehead atoms. The van der Waals surface area contributed by atoms with Gasteiger partial charge in [0.25, 0.3) is 0 Å². The molecule has 2 amide bonds. The Kier molecular flexibility index (Phi) is 8.07. The van der Waals surface area contributed by atoms with Crippen molar-refractivity contribution in [2.24, 2.45) is 0 Å². The fourth-order valence-corrected chi connectivity index (χ4v) is 4.82. The van der Waals surface area contributed by atoms with Crippen molar-refractivity contribution in [2.45, 2.75) is 44.8 Å². The SMILES string of the molecule is CCOC(=O)N1CCC(NC(=O)CSc2nnc(-c3ccccc3)n2-c2ccc(C)c(C)c2)CC1. The summed E-state index contributed by atoms with van der Waals surface area (Å²) in [7, 11) is 0. The van der Waals surface area contributed by atoms with Gasteiger partial charge in [-0.05, 0) is 56.9 Å². The zero-order valence-corrected chi connectivity index (χ0v) is 21.2. The largest absolute Gasteiger partial charge is 0.450 e. The number of likely N-dealkylation sites (tertiary alicyclic amines) is 1. The number of hydrogen-bond acceptors (Lipinski definition) is 6. The van der Waals surface area contributed by atoms with Crippen molar-refractivity contribution < 1.29 is 14.3 Å². The number of nitrogens with zero attached hydrogens (tertiary/aromatic N) is 4. The fourth-order valence-electron chi connectivity index (χ4n) is 4.06. The first-order valence-corrected chi connectivity index (χ1v) is 12.9. The molecule has 1 aliphatic heterocycles. The number of thioether (sulfide) groups is 1. The van der Waals surface area contributed by atoms with Crippen molar-refractivity contribution in [1.82, 2.24) is 25.0 Å². The highest BCUT2D eigenvalue weighted by molar-refractivity contribution is 7.99. The summed E-state index contributed by atoms with van der Waals surface area (Å²) in [6, 6.07) is 16.2. The number of rotatable bonds is 7. The Hall–Kier alpha value is -3.33. The lowest BCUT2D eigenvalue weighted by Gasteiger charge is -2.31. The first-order valence-electron chi connectivity index (χ1n) is 11.9. The Morgan fingerprint density at radius 2 is 1.80 bits per heavy atom. The lowest BCUT2D eigenvalue weighted by Crippen LogP contribution is -2.47. The van der Waals surface area contributed by atoms with Crippen LogP contribution in [0.25, 0.3) is 17.1 Å². The molecule has 0 spiro atoms. The molecule has 35 heavy (non-hydrogen) atoms. The van der Waals surface area contributed by atoms with Crippen LogP contribution in [0, 0.1) is 13.8 Å². The van der Waals surface area contributed by atoms with Crippen LogP contribution in [-0.4, -0.2) is 63.2 Å². The number of benzene rings is 2. The highest BCUT2D eigenvalue weighted by atomic mass is 32.2. The summed E-state index contributed by atoms with van der Waals surface area (Å²) in [6.45, 7) is 7.49. The summed E-state index contributed by atoms with van der Waals surface area (Å²) in [4.78, 5) is 26.3. The zero-order chi connectivity index (χ0) is 24.8. The third kappa shape index (κ3) is 6.03. The lowest BCUT2D eigenvalue weighted by atomic mass is 10.1. The van der Waals surface area contributed by atoms with Crippen LogP contribution in [0.4, 0.5) is 4.79 Å². The summed E-state index contributed by atoms with van der Waals surface area (Å²) in [6.07, 6.45) is 1.14.